The molecule has 2 aromatic carbocycles. The lowest BCUT2D eigenvalue weighted by molar-refractivity contribution is -0.139. The Hall–Kier alpha value is -7.04. The molecule has 5 fully saturated rings. The Morgan fingerprint density at radius 3 is 0.911 bits per heavy atom. The summed E-state index contributed by atoms with van der Waals surface area (Å²) < 4.78 is 2.46. The summed E-state index contributed by atoms with van der Waals surface area (Å²) in [6, 6.07) is 5.66. The molecule has 3 aliphatic heterocycles. The summed E-state index contributed by atoms with van der Waals surface area (Å²) in [5, 5.41) is 0.387. The fourth-order valence-corrected chi connectivity index (χ4v) is 19.4. The lowest BCUT2D eigenvalue weighted by Crippen LogP contribution is -2.43. The monoisotopic (exact) mass is 1550 g/mol. The fraction of sp³-hybridized carbons (Fsp3) is 0.705. The number of ketones is 2. The van der Waals surface area contributed by atoms with Gasteiger partial charge >= 0.3 is 0 Å². The number of carbonyl (C=O) groups is 8. The normalized spacial score (nSPS) is 23.0. The van der Waals surface area contributed by atoms with Crippen LogP contribution in [0.2, 0.25) is 0 Å². The molecule has 0 saturated heterocycles. The van der Waals surface area contributed by atoms with Crippen LogP contribution in [0.25, 0.3) is 21.5 Å². The van der Waals surface area contributed by atoms with E-state index in [0.29, 0.717) is 24.2 Å². The Kier molecular flexibility index (Phi) is 42.8. The number of imide groups is 3. The molecule has 6 amide bonds. The molecule has 17 nitrogen and oxygen atoms in total. The highest BCUT2D eigenvalue weighted by molar-refractivity contribution is 6.30. The molecule has 6 aliphatic carbocycles. The lowest BCUT2D eigenvalue weighted by atomic mass is 9.75. The van der Waals surface area contributed by atoms with Crippen LogP contribution in [0.3, 0.4) is 0 Å². The van der Waals surface area contributed by atoms with Crippen molar-refractivity contribution in [2.24, 2.45) is 65.1 Å². The van der Waals surface area contributed by atoms with Gasteiger partial charge in [-0.1, -0.05) is 280 Å². The Morgan fingerprint density at radius 2 is 0.580 bits per heavy atom. The van der Waals surface area contributed by atoms with Crippen LogP contribution < -0.4 is 22.2 Å². The number of rotatable bonds is 32. The average Bonchev–Trinajstić information content (AvgIpc) is 1.58. The molecule has 0 spiro atoms. The number of benzene rings is 2. The SMILES string of the molecule is C.C.C.C.C.C.CCCCCCC.CCCCCCC.CCCCCCCCC.CCCCCCCCC.O=C1c2cc3c(cc2C(=O)C1CC1CC2C4CC(Cn5c(=O)c6cc7c(=O)n(CC8CCCCC8CN8C(=O)C=CC8=O)c(=O)c7cc6c5=O)C(C4)C2C1)C(=O)N(CC1CCCCC1CN1C(=O)C=CC1=O)C3=O. The number of hydrogen-bond acceptors (Lipinski definition) is 12. The predicted molar refractivity (Wildman–Crippen MR) is 462 cm³/mol. The van der Waals surface area contributed by atoms with Crippen molar-refractivity contribution in [1.29, 1.82) is 0 Å². The minimum Gasteiger partial charge on any atom is -0.293 e. The maximum Gasteiger partial charge on any atom is 0.261 e. The highest BCUT2D eigenvalue weighted by Crippen LogP contribution is 2.63. The van der Waals surface area contributed by atoms with Gasteiger partial charge in [-0.2, -0.15) is 0 Å². The average molecular weight is 1560 g/mol. The van der Waals surface area contributed by atoms with E-state index in [2.05, 4.69) is 55.4 Å². The van der Waals surface area contributed by atoms with Gasteiger partial charge in [0.05, 0.1) is 38.6 Å². The zero-order valence-electron chi connectivity index (χ0n) is 65.8. The van der Waals surface area contributed by atoms with Crippen molar-refractivity contribution in [2.75, 3.05) is 19.6 Å². The Labute approximate surface area is 674 Å². The zero-order chi connectivity index (χ0) is 76.1. The number of fused-ring (bicyclic) bond motifs is 9. The Bertz CT molecular complexity index is 3780. The summed E-state index contributed by atoms with van der Waals surface area (Å²) in [4.78, 5) is 165. The van der Waals surface area contributed by atoms with E-state index in [1.165, 1.54) is 227 Å². The van der Waals surface area contributed by atoms with Gasteiger partial charge in [0.2, 0.25) is 0 Å². The Morgan fingerprint density at radius 1 is 0.295 bits per heavy atom. The maximum atomic E-state index is 14.1. The van der Waals surface area contributed by atoms with E-state index >= 15 is 0 Å². The molecule has 10 unspecified atom stereocenters. The second-order valence-corrected chi connectivity index (χ2v) is 32.9. The van der Waals surface area contributed by atoms with E-state index in [-0.39, 0.29) is 198 Å². The zero-order valence-corrected chi connectivity index (χ0v) is 65.8. The highest BCUT2D eigenvalue weighted by atomic mass is 16.2. The number of carbonyl (C=O) groups excluding carboxylic acids is 8. The van der Waals surface area contributed by atoms with Crippen LogP contribution >= 0.6 is 0 Å². The third kappa shape index (κ3) is 23.6. The first-order chi connectivity index (χ1) is 51.3. The largest absolute Gasteiger partial charge is 0.293 e. The van der Waals surface area contributed by atoms with Crippen molar-refractivity contribution >= 4 is 68.6 Å². The van der Waals surface area contributed by atoms with E-state index in [4.69, 9.17) is 0 Å². The third-order valence-electron chi connectivity index (χ3n) is 25.5. The first kappa shape index (κ1) is 99.2. The minimum absolute atomic E-state index is 0. The molecule has 9 aliphatic rings. The molecule has 0 radical (unpaired) electrons. The summed E-state index contributed by atoms with van der Waals surface area (Å²) in [6.45, 7) is 18.9. The second-order valence-electron chi connectivity index (χ2n) is 32.9. The number of amides is 6. The van der Waals surface area contributed by atoms with Gasteiger partial charge in [0.1, 0.15) is 0 Å². The van der Waals surface area contributed by atoms with Crippen LogP contribution in [0, 0.1) is 65.1 Å². The predicted octanol–water partition coefficient (Wildman–Crippen LogP) is 21.6. The number of unbranched alkanes of at least 4 members (excludes halogenated alkanes) is 20. The fourth-order valence-electron chi connectivity index (χ4n) is 19.4. The van der Waals surface area contributed by atoms with Crippen molar-refractivity contribution in [2.45, 2.75) is 351 Å². The first-order valence-corrected chi connectivity index (χ1v) is 42.4. The van der Waals surface area contributed by atoms with E-state index in [9.17, 15) is 57.5 Å². The van der Waals surface area contributed by atoms with Crippen LogP contribution in [-0.2, 0) is 32.3 Å². The quantitative estimate of drug-likeness (QED) is 0.0253. The highest BCUT2D eigenvalue weighted by Gasteiger charge is 2.57. The first-order valence-electron chi connectivity index (χ1n) is 42.4. The summed E-state index contributed by atoms with van der Waals surface area (Å²) in [5.41, 5.74) is -1.47. The molecule has 13 rings (SSSR count). The van der Waals surface area contributed by atoms with Gasteiger partial charge in [0.15, 0.2) is 11.6 Å². The third-order valence-corrected chi connectivity index (χ3v) is 25.5. The second kappa shape index (κ2) is 48.4. The Balaban J connectivity index is 0.000000722. The van der Waals surface area contributed by atoms with Crippen LogP contribution in [0.15, 0.2) is 67.7 Å². The van der Waals surface area contributed by atoms with Crippen LogP contribution in [0.5, 0.6) is 0 Å². The molecule has 0 N–H and O–H groups in total. The van der Waals surface area contributed by atoms with Crippen molar-refractivity contribution in [3.63, 3.8) is 0 Å². The molecular weight excluding hydrogens is 1400 g/mol. The molecule has 4 aromatic rings. The smallest absolute Gasteiger partial charge is 0.261 e. The number of hydrogen-bond donors (Lipinski definition) is 0. The molecule has 5 saturated carbocycles. The maximum absolute atomic E-state index is 14.1. The number of Topliss-reactive ketones (excluding diaryl/α,β-unsaturated/α-hetero) is 2. The van der Waals surface area contributed by atoms with Gasteiger partial charge in [-0.3, -0.25) is 81.4 Å². The van der Waals surface area contributed by atoms with E-state index in [0.717, 1.165) is 77.0 Å². The minimum atomic E-state index is -0.911. The molecule has 2 aromatic heterocycles. The van der Waals surface area contributed by atoms with Crippen LogP contribution in [-0.4, -0.2) is 90.5 Å². The number of nitrogens with zero attached hydrogens (tertiary/aromatic N) is 5. The van der Waals surface area contributed by atoms with E-state index in [1.54, 1.807) is 0 Å². The molecule has 628 valence electrons. The van der Waals surface area contributed by atoms with Crippen molar-refractivity contribution in [3.05, 3.63) is 112 Å². The van der Waals surface area contributed by atoms with E-state index < -0.39 is 40.0 Å². The lowest BCUT2D eigenvalue weighted by Gasteiger charge is -2.35. The molecule has 112 heavy (non-hydrogen) atoms. The summed E-state index contributed by atoms with van der Waals surface area (Å²) in [5.74, 6) is -3.05. The molecule has 5 heterocycles. The van der Waals surface area contributed by atoms with Gasteiger partial charge in [-0.05, 0) is 141 Å². The van der Waals surface area contributed by atoms with Crippen molar-refractivity contribution in [1.82, 2.24) is 23.8 Å². The van der Waals surface area contributed by atoms with Crippen molar-refractivity contribution in [3.8, 4) is 0 Å². The van der Waals surface area contributed by atoms with E-state index in [1.807, 2.05) is 0 Å². The van der Waals surface area contributed by atoms with Gasteiger partial charge in [0, 0.05) is 68.2 Å². The van der Waals surface area contributed by atoms with Crippen molar-refractivity contribution < 1.29 is 38.4 Å². The topological polar surface area (TPSA) is 224 Å². The summed E-state index contributed by atoms with van der Waals surface area (Å²) >= 11 is 0. The standard InChI is InChI=1S/C57H55N5O12.2C9H20.2C7H16.6CH4/c63-46-9-10-47(64)58(46)22-28-5-1-3-7-30(28)24-60-52(69)39-18-37-38(19-40(39)53(60)70)51(68)45(50(37)67)15-27-13-34-32-16-33(35(17-32)36(34)14-27)26-62-56(73)43-20-41-42(21-44(43)57(62)74)55(72)61(54(41)71)25-31-8-4-2-6-29(31)23-59-48(65)11-12-49(59)66;2*1-3-5-7-9-8-6-4-2;2*1-3-5-7-6-4-2;;;;;;/h9-12,18-21,27-36,45H,1-8,13-17,22-26H2;2*3-9H2,1-2H3;2*3-7H2,1-2H3;6*1H4. The summed E-state index contributed by atoms with van der Waals surface area (Å²) in [7, 11) is 0. The molecule has 2 bridgehead atoms. The van der Waals surface area contributed by atoms with Crippen LogP contribution in [0.1, 0.15) is 379 Å². The molecular formula is C95H151N5O12. The summed E-state index contributed by atoms with van der Waals surface area (Å²) in [6.07, 6.45) is 49.3. The van der Waals surface area contributed by atoms with Crippen LogP contribution in [0.4, 0.5) is 0 Å². The number of aromatic nitrogens is 2. The van der Waals surface area contributed by atoms with Gasteiger partial charge in [-0.15, -0.1) is 0 Å². The van der Waals surface area contributed by atoms with Gasteiger partial charge < -0.3 is 0 Å². The van der Waals surface area contributed by atoms with Gasteiger partial charge in [-0.25, -0.2) is 0 Å². The molecule has 17 heteroatoms. The van der Waals surface area contributed by atoms with Gasteiger partial charge in [0.25, 0.3) is 57.7 Å². The molecule has 10 atom stereocenters.